The van der Waals surface area contributed by atoms with E-state index >= 15 is 0 Å². The second-order valence-electron chi connectivity index (χ2n) is 4.09. The van der Waals surface area contributed by atoms with Crippen LogP contribution in [0.5, 0.6) is 0 Å². The average Bonchev–Trinajstić information content (AvgIpc) is 2.27. The van der Waals surface area contributed by atoms with Gasteiger partial charge in [0.05, 0.1) is 24.4 Å². The molecule has 1 rings (SSSR count). The molecule has 2 N–H and O–H groups in total. The summed E-state index contributed by atoms with van der Waals surface area (Å²) in [6.45, 7) is 5.70. The molecule has 0 aromatic heterocycles. The van der Waals surface area contributed by atoms with Crippen molar-refractivity contribution >= 4 is 0 Å². The quantitative estimate of drug-likeness (QED) is 0.629. The number of ether oxygens (including phenoxy) is 1. The zero-order chi connectivity index (χ0) is 10.1. The predicted octanol–water partition coefficient (Wildman–Crippen LogP) is 0.853. The smallest absolute Gasteiger partial charge is 0.0893 e. The first-order valence-electron chi connectivity index (χ1n) is 4.61. The zero-order valence-electron chi connectivity index (χ0n) is 8.45. The Morgan fingerprint density at radius 3 is 2.62 bits per heavy atom. The van der Waals surface area contributed by atoms with Gasteiger partial charge in [0.1, 0.15) is 0 Å². The van der Waals surface area contributed by atoms with Crippen LogP contribution in [0.15, 0.2) is 11.6 Å². The van der Waals surface area contributed by atoms with Gasteiger partial charge >= 0.3 is 0 Å². The molecule has 1 aliphatic rings. The molecule has 13 heavy (non-hydrogen) atoms. The monoisotopic (exact) mass is 186 g/mol. The third-order valence-electron chi connectivity index (χ3n) is 2.61. The van der Waals surface area contributed by atoms with Crippen LogP contribution in [-0.2, 0) is 4.74 Å². The maximum absolute atomic E-state index is 9.63. The van der Waals surface area contributed by atoms with Gasteiger partial charge in [-0.1, -0.05) is 6.08 Å². The topological polar surface area (TPSA) is 49.7 Å². The Kier molecular flexibility index (Phi) is 3.11. The minimum absolute atomic E-state index is 0.0300. The van der Waals surface area contributed by atoms with Crippen molar-refractivity contribution in [3.05, 3.63) is 11.6 Å². The van der Waals surface area contributed by atoms with Crippen LogP contribution in [-0.4, -0.2) is 34.6 Å². The van der Waals surface area contributed by atoms with E-state index < -0.39 is 11.7 Å². The van der Waals surface area contributed by atoms with Crippen molar-refractivity contribution in [1.82, 2.24) is 0 Å². The van der Waals surface area contributed by atoms with Gasteiger partial charge in [-0.2, -0.15) is 0 Å². The van der Waals surface area contributed by atoms with Crippen LogP contribution in [0.3, 0.4) is 0 Å². The first-order valence-corrected chi connectivity index (χ1v) is 4.61. The Morgan fingerprint density at radius 2 is 2.23 bits per heavy atom. The molecule has 0 aliphatic carbocycles. The summed E-state index contributed by atoms with van der Waals surface area (Å²) >= 11 is 0. The number of hydrogen-bond acceptors (Lipinski definition) is 3. The Morgan fingerprint density at radius 1 is 1.62 bits per heavy atom. The van der Waals surface area contributed by atoms with Crippen LogP contribution >= 0.6 is 0 Å². The lowest BCUT2D eigenvalue weighted by Crippen LogP contribution is -2.31. The zero-order valence-corrected chi connectivity index (χ0v) is 8.45. The van der Waals surface area contributed by atoms with Gasteiger partial charge in [-0.15, -0.1) is 0 Å². The Hall–Kier alpha value is -0.380. The molecule has 3 nitrogen and oxygen atoms in total. The fourth-order valence-corrected chi connectivity index (χ4v) is 1.53. The number of aliphatic hydroxyl groups is 2. The van der Waals surface area contributed by atoms with Gasteiger partial charge in [-0.05, 0) is 26.3 Å². The molecule has 0 aromatic carbocycles. The van der Waals surface area contributed by atoms with Crippen molar-refractivity contribution in [2.45, 2.75) is 45.0 Å². The van der Waals surface area contributed by atoms with E-state index in [1.807, 2.05) is 20.8 Å². The molecule has 0 aromatic rings. The predicted molar refractivity (Wildman–Crippen MR) is 50.4 cm³/mol. The maximum atomic E-state index is 9.63. The summed E-state index contributed by atoms with van der Waals surface area (Å²) < 4.78 is 5.65. The van der Waals surface area contributed by atoms with Crippen LogP contribution in [0.1, 0.15) is 27.2 Å². The lowest BCUT2D eigenvalue weighted by atomic mass is 9.99. The van der Waals surface area contributed by atoms with E-state index in [0.29, 0.717) is 6.42 Å². The number of aliphatic hydroxyl groups excluding tert-OH is 2. The van der Waals surface area contributed by atoms with Crippen LogP contribution in [0.2, 0.25) is 0 Å². The van der Waals surface area contributed by atoms with E-state index in [-0.39, 0.29) is 12.7 Å². The molecule has 1 saturated heterocycles. The first-order chi connectivity index (χ1) is 5.97. The fraction of sp³-hybridized carbons (Fsp3) is 0.800. The molecular weight excluding hydrogens is 168 g/mol. The third kappa shape index (κ3) is 2.30. The van der Waals surface area contributed by atoms with Crippen molar-refractivity contribution < 1.29 is 14.9 Å². The van der Waals surface area contributed by atoms with Crippen molar-refractivity contribution in [2.24, 2.45) is 0 Å². The first kappa shape index (κ1) is 10.7. The highest BCUT2D eigenvalue weighted by atomic mass is 16.5. The second kappa shape index (κ2) is 3.78. The highest BCUT2D eigenvalue weighted by molar-refractivity contribution is 5.10. The van der Waals surface area contributed by atoms with E-state index in [1.165, 1.54) is 0 Å². The molecule has 0 spiro atoms. The highest BCUT2D eigenvalue weighted by Gasteiger charge is 2.40. The summed E-state index contributed by atoms with van der Waals surface area (Å²) in [7, 11) is 0. The van der Waals surface area contributed by atoms with Gasteiger partial charge in [-0.25, -0.2) is 0 Å². The lowest BCUT2D eigenvalue weighted by Gasteiger charge is -2.22. The van der Waals surface area contributed by atoms with E-state index in [2.05, 4.69) is 0 Å². The van der Waals surface area contributed by atoms with Gasteiger partial charge in [0.2, 0.25) is 0 Å². The summed E-state index contributed by atoms with van der Waals surface area (Å²) in [6.07, 6.45) is 1.88. The molecule has 1 aliphatic heterocycles. The van der Waals surface area contributed by atoms with Crippen molar-refractivity contribution in [2.75, 3.05) is 6.61 Å². The SMILES string of the molecule is C/C(=C\CO)[C@H]1CC(O)C(C)(C)O1. The summed E-state index contributed by atoms with van der Waals surface area (Å²) in [4.78, 5) is 0. The molecular formula is C10H18O3. The average molecular weight is 186 g/mol. The van der Waals surface area contributed by atoms with Gasteiger partial charge in [0, 0.05) is 6.42 Å². The largest absolute Gasteiger partial charge is 0.392 e. The standard InChI is InChI=1S/C10H18O3/c1-7(4-5-11)8-6-9(12)10(2,3)13-8/h4,8-9,11-12H,5-6H2,1-3H3/b7-4+/t8-,9?/m1/s1. The maximum Gasteiger partial charge on any atom is 0.0893 e. The van der Waals surface area contributed by atoms with Crippen molar-refractivity contribution in [1.29, 1.82) is 0 Å². The molecule has 0 saturated carbocycles. The highest BCUT2D eigenvalue weighted by Crippen LogP contribution is 2.33. The number of rotatable bonds is 2. The Balaban J connectivity index is 2.63. The van der Waals surface area contributed by atoms with Gasteiger partial charge in [-0.3, -0.25) is 0 Å². The minimum Gasteiger partial charge on any atom is -0.392 e. The van der Waals surface area contributed by atoms with E-state index in [0.717, 1.165) is 5.57 Å². The summed E-state index contributed by atoms with van der Waals surface area (Å²) in [5, 5.41) is 18.3. The second-order valence-corrected chi connectivity index (χ2v) is 4.09. The minimum atomic E-state index is -0.463. The van der Waals surface area contributed by atoms with Crippen LogP contribution in [0.4, 0.5) is 0 Å². The lowest BCUT2D eigenvalue weighted by molar-refractivity contribution is -0.0472. The van der Waals surface area contributed by atoms with Crippen LogP contribution in [0, 0.1) is 0 Å². The molecule has 76 valence electrons. The normalized spacial score (nSPS) is 33.8. The number of hydrogen-bond donors (Lipinski definition) is 2. The molecule has 0 radical (unpaired) electrons. The Labute approximate surface area is 79.0 Å². The van der Waals surface area contributed by atoms with Gasteiger partial charge in [0.25, 0.3) is 0 Å². The molecule has 0 amide bonds. The fourth-order valence-electron chi connectivity index (χ4n) is 1.53. The van der Waals surface area contributed by atoms with E-state index in [9.17, 15) is 5.11 Å². The van der Waals surface area contributed by atoms with Crippen molar-refractivity contribution in [3.8, 4) is 0 Å². The third-order valence-corrected chi connectivity index (χ3v) is 2.61. The van der Waals surface area contributed by atoms with Gasteiger partial charge < -0.3 is 14.9 Å². The van der Waals surface area contributed by atoms with E-state index in [1.54, 1.807) is 6.08 Å². The summed E-state index contributed by atoms with van der Waals surface area (Å²) in [5.74, 6) is 0. The molecule has 2 atom stereocenters. The van der Waals surface area contributed by atoms with Crippen LogP contribution < -0.4 is 0 Å². The molecule has 1 fully saturated rings. The molecule has 1 unspecified atom stereocenters. The Bertz CT molecular complexity index is 208. The van der Waals surface area contributed by atoms with Gasteiger partial charge in [0.15, 0.2) is 0 Å². The van der Waals surface area contributed by atoms with E-state index in [4.69, 9.17) is 9.84 Å². The molecule has 3 heteroatoms. The summed E-state index contributed by atoms with van der Waals surface area (Å²) in [6, 6.07) is 0. The van der Waals surface area contributed by atoms with Crippen LogP contribution in [0.25, 0.3) is 0 Å². The summed E-state index contributed by atoms with van der Waals surface area (Å²) in [5.41, 5.74) is 0.530. The molecule has 1 heterocycles. The van der Waals surface area contributed by atoms with Crippen molar-refractivity contribution in [3.63, 3.8) is 0 Å². The molecule has 0 bridgehead atoms.